The molecule has 0 aromatic heterocycles. The molecule has 3 nitrogen and oxygen atoms in total. The van der Waals surface area contributed by atoms with Crippen LogP contribution in [0.4, 0.5) is 0 Å². The SMILES string of the molecule is CCC1CCC(O)C(CN2CCOc3ccccc3C2)C1. The van der Waals surface area contributed by atoms with Gasteiger partial charge in [-0.3, -0.25) is 4.90 Å². The van der Waals surface area contributed by atoms with E-state index in [4.69, 9.17) is 4.74 Å². The van der Waals surface area contributed by atoms with Crippen molar-refractivity contribution in [2.75, 3.05) is 19.7 Å². The first-order valence-electron chi connectivity index (χ1n) is 8.37. The van der Waals surface area contributed by atoms with Gasteiger partial charge < -0.3 is 9.84 Å². The molecule has 1 heterocycles. The maximum absolute atomic E-state index is 10.3. The fourth-order valence-corrected chi connectivity index (χ4v) is 3.78. The molecular formula is C18H27NO2. The summed E-state index contributed by atoms with van der Waals surface area (Å²) in [6.07, 6.45) is 4.47. The standard InChI is InChI=1S/C18H27NO2/c1-2-14-7-8-17(20)16(11-14)13-19-9-10-21-18-6-4-3-5-15(18)12-19/h3-6,14,16-17,20H,2,7-13H2,1H3. The normalized spacial score (nSPS) is 30.3. The molecule has 0 spiro atoms. The summed E-state index contributed by atoms with van der Waals surface area (Å²) in [6, 6.07) is 8.32. The third-order valence-electron chi connectivity index (χ3n) is 5.15. The predicted molar refractivity (Wildman–Crippen MR) is 84.3 cm³/mol. The highest BCUT2D eigenvalue weighted by Crippen LogP contribution is 2.32. The number of benzene rings is 1. The molecule has 0 amide bonds. The van der Waals surface area contributed by atoms with Crippen molar-refractivity contribution in [1.29, 1.82) is 0 Å². The molecule has 3 unspecified atom stereocenters. The molecular weight excluding hydrogens is 262 g/mol. The second-order valence-electron chi connectivity index (χ2n) is 6.61. The summed E-state index contributed by atoms with van der Waals surface area (Å²) in [5.74, 6) is 2.25. The lowest BCUT2D eigenvalue weighted by molar-refractivity contribution is 0.0244. The van der Waals surface area contributed by atoms with Gasteiger partial charge in [0.2, 0.25) is 0 Å². The van der Waals surface area contributed by atoms with E-state index < -0.39 is 0 Å². The van der Waals surface area contributed by atoms with Crippen LogP contribution >= 0.6 is 0 Å². The van der Waals surface area contributed by atoms with Gasteiger partial charge in [0, 0.05) is 25.2 Å². The number of aliphatic hydroxyl groups is 1. The third kappa shape index (κ3) is 3.58. The molecule has 116 valence electrons. The van der Waals surface area contributed by atoms with Crippen LogP contribution in [0.2, 0.25) is 0 Å². The van der Waals surface area contributed by atoms with Gasteiger partial charge in [-0.05, 0) is 37.2 Å². The van der Waals surface area contributed by atoms with E-state index in [1.165, 1.54) is 24.8 Å². The average Bonchev–Trinajstić information content (AvgIpc) is 2.71. The van der Waals surface area contributed by atoms with Crippen molar-refractivity contribution in [3.63, 3.8) is 0 Å². The van der Waals surface area contributed by atoms with Crippen LogP contribution in [0.15, 0.2) is 24.3 Å². The second-order valence-corrected chi connectivity index (χ2v) is 6.61. The molecule has 1 fully saturated rings. The first kappa shape index (κ1) is 14.9. The van der Waals surface area contributed by atoms with E-state index >= 15 is 0 Å². The monoisotopic (exact) mass is 289 g/mol. The van der Waals surface area contributed by atoms with Crippen molar-refractivity contribution in [3.8, 4) is 5.75 Å². The maximum Gasteiger partial charge on any atom is 0.123 e. The molecule has 0 bridgehead atoms. The van der Waals surface area contributed by atoms with Gasteiger partial charge in [-0.15, -0.1) is 0 Å². The molecule has 2 aliphatic rings. The lowest BCUT2D eigenvalue weighted by Crippen LogP contribution is -2.39. The number of fused-ring (bicyclic) bond motifs is 1. The Balaban J connectivity index is 1.64. The third-order valence-corrected chi connectivity index (χ3v) is 5.15. The molecule has 21 heavy (non-hydrogen) atoms. The predicted octanol–water partition coefficient (Wildman–Crippen LogP) is 3.07. The van der Waals surface area contributed by atoms with Crippen molar-refractivity contribution in [2.24, 2.45) is 11.8 Å². The van der Waals surface area contributed by atoms with Crippen LogP contribution in [0.5, 0.6) is 5.75 Å². The average molecular weight is 289 g/mol. The van der Waals surface area contributed by atoms with Crippen LogP contribution in [-0.4, -0.2) is 35.8 Å². The van der Waals surface area contributed by atoms with Crippen molar-refractivity contribution in [3.05, 3.63) is 29.8 Å². The summed E-state index contributed by atoms with van der Waals surface area (Å²) in [7, 11) is 0. The minimum absolute atomic E-state index is 0.118. The number of hydrogen-bond donors (Lipinski definition) is 1. The quantitative estimate of drug-likeness (QED) is 0.928. The Bertz CT molecular complexity index is 462. The van der Waals surface area contributed by atoms with Crippen molar-refractivity contribution >= 4 is 0 Å². The molecule has 1 saturated carbocycles. The van der Waals surface area contributed by atoms with Gasteiger partial charge >= 0.3 is 0 Å². The first-order valence-corrected chi connectivity index (χ1v) is 8.37. The van der Waals surface area contributed by atoms with Gasteiger partial charge in [0.25, 0.3) is 0 Å². The number of ether oxygens (including phenoxy) is 1. The van der Waals surface area contributed by atoms with Crippen molar-refractivity contribution in [2.45, 2.75) is 45.3 Å². The van der Waals surface area contributed by atoms with Crippen LogP contribution in [0.1, 0.15) is 38.2 Å². The van der Waals surface area contributed by atoms with Crippen LogP contribution in [0.25, 0.3) is 0 Å². The van der Waals surface area contributed by atoms with E-state index in [9.17, 15) is 5.11 Å². The molecule has 1 aromatic rings. The molecule has 3 atom stereocenters. The minimum atomic E-state index is -0.118. The van der Waals surface area contributed by atoms with Crippen LogP contribution < -0.4 is 4.74 Å². The summed E-state index contributed by atoms with van der Waals surface area (Å²) < 4.78 is 5.83. The zero-order valence-corrected chi connectivity index (χ0v) is 13.0. The molecule has 1 aliphatic heterocycles. The van der Waals surface area contributed by atoms with Crippen molar-refractivity contribution in [1.82, 2.24) is 4.90 Å². The smallest absolute Gasteiger partial charge is 0.123 e. The highest BCUT2D eigenvalue weighted by molar-refractivity contribution is 5.33. The molecule has 0 saturated heterocycles. The number of para-hydroxylation sites is 1. The van der Waals surface area contributed by atoms with Crippen LogP contribution in [-0.2, 0) is 6.54 Å². The van der Waals surface area contributed by atoms with E-state index in [0.29, 0.717) is 5.92 Å². The Morgan fingerprint density at radius 1 is 1.29 bits per heavy atom. The Labute approximate surface area is 127 Å². The molecule has 3 heteroatoms. The molecule has 1 aromatic carbocycles. The summed E-state index contributed by atoms with van der Waals surface area (Å²) in [6.45, 7) is 5.91. The van der Waals surface area contributed by atoms with Gasteiger partial charge in [-0.1, -0.05) is 31.5 Å². The highest BCUT2D eigenvalue weighted by Gasteiger charge is 2.30. The fraction of sp³-hybridized carbons (Fsp3) is 0.667. The fourth-order valence-electron chi connectivity index (χ4n) is 3.78. The van der Waals surface area contributed by atoms with E-state index in [0.717, 1.165) is 44.3 Å². The maximum atomic E-state index is 10.3. The zero-order chi connectivity index (χ0) is 14.7. The molecule has 1 N–H and O–H groups in total. The zero-order valence-electron chi connectivity index (χ0n) is 13.0. The molecule has 1 aliphatic carbocycles. The molecule has 0 radical (unpaired) electrons. The second kappa shape index (κ2) is 6.80. The Morgan fingerprint density at radius 2 is 2.14 bits per heavy atom. The minimum Gasteiger partial charge on any atom is -0.492 e. The number of rotatable bonds is 3. The highest BCUT2D eigenvalue weighted by atomic mass is 16.5. The Hall–Kier alpha value is -1.06. The van der Waals surface area contributed by atoms with Gasteiger partial charge in [0.15, 0.2) is 0 Å². The topological polar surface area (TPSA) is 32.7 Å². The Morgan fingerprint density at radius 3 is 3.00 bits per heavy atom. The summed E-state index contributed by atoms with van der Waals surface area (Å²) in [5.41, 5.74) is 1.27. The van der Waals surface area contributed by atoms with E-state index in [2.05, 4.69) is 30.0 Å². The van der Waals surface area contributed by atoms with Gasteiger partial charge in [0.1, 0.15) is 12.4 Å². The largest absolute Gasteiger partial charge is 0.492 e. The first-order chi connectivity index (χ1) is 10.3. The summed E-state index contributed by atoms with van der Waals surface area (Å²) in [5, 5.41) is 10.3. The number of aliphatic hydroxyl groups excluding tert-OH is 1. The van der Waals surface area contributed by atoms with Crippen molar-refractivity contribution < 1.29 is 9.84 Å². The molecule has 3 rings (SSSR count). The van der Waals surface area contributed by atoms with E-state index in [-0.39, 0.29) is 6.10 Å². The number of nitrogens with zero attached hydrogens (tertiary/aromatic N) is 1. The van der Waals surface area contributed by atoms with Gasteiger partial charge in [-0.2, -0.15) is 0 Å². The van der Waals surface area contributed by atoms with E-state index in [1.807, 2.05) is 6.07 Å². The summed E-state index contributed by atoms with van der Waals surface area (Å²) in [4.78, 5) is 2.46. The van der Waals surface area contributed by atoms with E-state index in [1.54, 1.807) is 0 Å². The van der Waals surface area contributed by atoms with Crippen LogP contribution in [0.3, 0.4) is 0 Å². The summed E-state index contributed by atoms with van der Waals surface area (Å²) >= 11 is 0. The van der Waals surface area contributed by atoms with Gasteiger partial charge in [-0.25, -0.2) is 0 Å². The Kier molecular flexibility index (Phi) is 4.81. The van der Waals surface area contributed by atoms with Crippen LogP contribution in [0, 0.1) is 11.8 Å². The lowest BCUT2D eigenvalue weighted by Gasteiger charge is -2.36. The lowest BCUT2D eigenvalue weighted by atomic mass is 9.78. The number of hydrogen-bond acceptors (Lipinski definition) is 3. The van der Waals surface area contributed by atoms with Gasteiger partial charge in [0.05, 0.1) is 6.10 Å².